The zero-order valence-corrected chi connectivity index (χ0v) is 28.1. The van der Waals surface area contributed by atoms with Gasteiger partial charge < -0.3 is 24.8 Å². The Morgan fingerprint density at radius 3 is 2.45 bits per heavy atom. The van der Waals surface area contributed by atoms with Crippen LogP contribution in [0.4, 0.5) is 10.2 Å². The Hall–Kier alpha value is -3.24. The maximum atomic E-state index is 16.9. The number of phenols is 1. The van der Waals surface area contributed by atoms with Gasteiger partial charge in [-0.3, -0.25) is 4.90 Å². The average molecular weight is 660 g/mol. The smallest absolute Gasteiger partial charge is 0.319 e. The number of piperazine rings is 1. The van der Waals surface area contributed by atoms with Crippen molar-refractivity contribution in [3.05, 3.63) is 53.3 Å². The number of hydrogen-bond acceptors (Lipinski definition) is 8. The summed E-state index contributed by atoms with van der Waals surface area (Å²) in [7, 11) is 1.83. The van der Waals surface area contributed by atoms with Gasteiger partial charge in [-0.2, -0.15) is 9.97 Å². The first kappa shape index (κ1) is 31.1. The van der Waals surface area contributed by atoms with Crippen LogP contribution in [0.1, 0.15) is 52.4 Å². The lowest BCUT2D eigenvalue weighted by atomic mass is 9.90. The van der Waals surface area contributed by atoms with Crippen molar-refractivity contribution in [3.63, 3.8) is 0 Å². The largest absolute Gasteiger partial charge is 0.508 e. The SMILES string of the molecule is CO[C@H]1C[C@H]2CC[C@@H](C1)N2CC(C)(C)COc1nc(N2CC3CCC(C2)N3)c2cc(Cl)c(-c3cc(O)cc4ccccc34)c(F)c2n1. The minimum atomic E-state index is -0.549. The first-order valence-electron chi connectivity index (χ1n) is 17.0. The highest BCUT2D eigenvalue weighted by atomic mass is 35.5. The van der Waals surface area contributed by atoms with Gasteiger partial charge in [0.1, 0.15) is 17.1 Å². The molecule has 4 aromatic rings. The predicted octanol–water partition coefficient (Wildman–Crippen LogP) is 6.94. The molecule has 4 bridgehead atoms. The van der Waals surface area contributed by atoms with Crippen molar-refractivity contribution < 1.29 is 19.0 Å². The van der Waals surface area contributed by atoms with E-state index in [0.29, 0.717) is 53.6 Å². The highest BCUT2D eigenvalue weighted by Gasteiger charge is 2.43. The van der Waals surface area contributed by atoms with Gasteiger partial charge in [-0.05, 0) is 73.1 Å². The molecule has 4 aliphatic rings. The summed E-state index contributed by atoms with van der Waals surface area (Å²) < 4.78 is 29.1. The van der Waals surface area contributed by atoms with Gasteiger partial charge in [-0.15, -0.1) is 0 Å². The quantitative estimate of drug-likeness (QED) is 0.211. The first-order valence-corrected chi connectivity index (χ1v) is 17.4. The van der Waals surface area contributed by atoms with Crippen LogP contribution in [-0.4, -0.2) is 83.6 Å². The van der Waals surface area contributed by atoms with Crippen molar-refractivity contribution in [2.75, 3.05) is 38.3 Å². The second kappa shape index (κ2) is 12.0. The number of rotatable bonds is 8. The van der Waals surface area contributed by atoms with E-state index in [1.807, 2.05) is 31.4 Å². The van der Waals surface area contributed by atoms with Crippen LogP contribution < -0.4 is 15.0 Å². The van der Waals surface area contributed by atoms with Crippen LogP contribution in [0.2, 0.25) is 5.02 Å². The summed E-state index contributed by atoms with van der Waals surface area (Å²) in [6, 6.07) is 14.6. The molecule has 8 nitrogen and oxygen atoms in total. The van der Waals surface area contributed by atoms with E-state index in [9.17, 15) is 5.11 Å². The second-order valence-corrected chi connectivity index (χ2v) is 15.3. The van der Waals surface area contributed by atoms with E-state index in [-0.39, 0.29) is 33.3 Å². The van der Waals surface area contributed by atoms with Crippen LogP contribution in [-0.2, 0) is 4.74 Å². The van der Waals surface area contributed by atoms with E-state index >= 15 is 4.39 Å². The molecule has 0 spiro atoms. The highest BCUT2D eigenvalue weighted by molar-refractivity contribution is 6.35. The van der Waals surface area contributed by atoms with Gasteiger partial charge in [0.15, 0.2) is 5.82 Å². The van der Waals surface area contributed by atoms with Gasteiger partial charge in [0.2, 0.25) is 0 Å². The third-order valence-electron chi connectivity index (χ3n) is 10.9. The standard InChI is InChI=1S/C37H43ClFN5O3/c1-37(2,19-44-24-10-11-25(44)14-27(13-24)46-3)20-47-36-41-34-30(35(42-36)43-17-22-8-9-23(18-43)40-22)16-31(38)32(33(34)39)29-15-26(45)12-21-6-4-5-7-28(21)29/h4-7,12,15-16,22-25,27,40,45H,8-11,13-14,17-20H2,1-3H3/t22?,23?,24-,25+,27+. The molecule has 1 aromatic heterocycles. The number of halogens is 2. The van der Waals surface area contributed by atoms with Gasteiger partial charge in [0.05, 0.1) is 17.7 Å². The maximum Gasteiger partial charge on any atom is 0.319 e. The summed E-state index contributed by atoms with van der Waals surface area (Å²) in [4.78, 5) is 14.6. The van der Waals surface area contributed by atoms with Crippen LogP contribution in [0.25, 0.3) is 32.8 Å². The Morgan fingerprint density at radius 2 is 1.72 bits per heavy atom. The number of methoxy groups -OCH3 is 1. The normalized spacial score (nSPS) is 26.1. The van der Waals surface area contributed by atoms with Crippen molar-refractivity contribution in [2.24, 2.45) is 5.41 Å². The molecule has 47 heavy (non-hydrogen) atoms. The topological polar surface area (TPSA) is 83.0 Å². The summed E-state index contributed by atoms with van der Waals surface area (Å²) in [5, 5.41) is 16.6. The molecule has 0 saturated carbocycles. The molecule has 3 aromatic carbocycles. The number of piperidine rings is 1. The van der Waals surface area contributed by atoms with Crippen LogP contribution in [0.15, 0.2) is 42.5 Å². The third kappa shape index (κ3) is 5.79. The highest BCUT2D eigenvalue weighted by Crippen LogP contribution is 2.43. The fourth-order valence-electron chi connectivity index (χ4n) is 8.66. The van der Waals surface area contributed by atoms with Crippen molar-refractivity contribution in [2.45, 2.75) is 82.6 Å². The number of nitrogens with zero attached hydrogens (tertiary/aromatic N) is 4. The Labute approximate surface area is 280 Å². The molecule has 4 fully saturated rings. The molecule has 0 radical (unpaired) electrons. The minimum absolute atomic E-state index is 0.0417. The Bertz CT molecular complexity index is 1810. The fraction of sp³-hybridized carbons (Fsp3) is 0.514. The molecule has 248 valence electrons. The van der Waals surface area contributed by atoms with Crippen molar-refractivity contribution in [1.82, 2.24) is 20.2 Å². The number of anilines is 1. The second-order valence-electron chi connectivity index (χ2n) is 14.9. The number of nitrogens with one attached hydrogen (secondary N) is 1. The number of aromatic hydroxyl groups is 1. The third-order valence-corrected chi connectivity index (χ3v) is 11.1. The predicted molar refractivity (Wildman–Crippen MR) is 184 cm³/mol. The van der Waals surface area contributed by atoms with Crippen LogP contribution >= 0.6 is 11.6 Å². The van der Waals surface area contributed by atoms with E-state index in [1.165, 1.54) is 12.8 Å². The summed E-state index contributed by atoms with van der Waals surface area (Å²) in [6.45, 7) is 7.27. The average Bonchev–Trinajstić information content (AvgIpc) is 3.49. The number of phenolic OH excluding ortho intramolecular Hbond substituents is 1. The number of benzene rings is 3. The lowest BCUT2D eigenvalue weighted by Crippen LogP contribution is -2.51. The molecule has 8 rings (SSSR count). The number of hydrogen-bond donors (Lipinski definition) is 2. The summed E-state index contributed by atoms with van der Waals surface area (Å²) in [6.07, 6.45) is 7.13. The molecule has 5 heterocycles. The molecular formula is C37H43ClFN5O3. The lowest BCUT2D eigenvalue weighted by Gasteiger charge is -2.42. The van der Waals surface area contributed by atoms with Crippen molar-refractivity contribution in [1.29, 1.82) is 0 Å². The zero-order valence-electron chi connectivity index (χ0n) is 27.3. The molecule has 10 heteroatoms. The van der Waals surface area contributed by atoms with E-state index in [1.54, 1.807) is 18.2 Å². The zero-order chi connectivity index (χ0) is 32.4. The molecule has 0 amide bonds. The van der Waals surface area contributed by atoms with Gasteiger partial charge in [-0.1, -0.05) is 49.7 Å². The van der Waals surface area contributed by atoms with Crippen molar-refractivity contribution >= 4 is 39.1 Å². The molecular weight excluding hydrogens is 617 g/mol. The van der Waals surface area contributed by atoms with Gasteiger partial charge >= 0.3 is 6.01 Å². The number of ether oxygens (including phenoxy) is 2. The van der Waals surface area contributed by atoms with E-state index in [2.05, 4.69) is 29.0 Å². The molecule has 2 unspecified atom stereocenters. The molecule has 0 aliphatic carbocycles. The monoisotopic (exact) mass is 659 g/mol. The van der Waals surface area contributed by atoms with E-state index in [0.717, 1.165) is 56.1 Å². The summed E-state index contributed by atoms with van der Waals surface area (Å²) >= 11 is 6.92. The lowest BCUT2D eigenvalue weighted by molar-refractivity contribution is -0.0137. The summed E-state index contributed by atoms with van der Waals surface area (Å²) in [5.41, 5.74) is 0.705. The van der Waals surface area contributed by atoms with Crippen LogP contribution in [0, 0.1) is 11.2 Å². The van der Waals surface area contributed by atoms with Gasteiger partial charge in [0, 0.05) is 67.3 Å². The molecule has 2 N–H and O–H groups in total. The molecule has 4 saturated heterocycles. The summed E-state index contributed by atoms with van der Waals surface area (Å²) in [5.74, 6) is 0.140. The Balaban J connectivity index is 1.16. The van der Waals surface area contributed by atoms with Crippen LogP contribution in [0.5, 0.6) is 11.8 Å². The molecule has 5 atom stereocenters. The Kier molecular flexibility index (Phi) is 7.94. The van der Waals surface area contributed by atoms with Crippen LogP contribution in [0.3, 0.4) is 0 Å². The van der Waals surface area contributed by atoms with Crippen molar-refractivity contribution in [3.8, 4) is 22.9 Å². The number of aromatic nitrogens is 2. The van der Waals surface area contributed by atoms with E-state index < -0.39 is 5.82 Å². The Morgan fingerprint density at radius 1 is 1.00 bits per heavy atom. The molecule has 4 aliphatic heterocycles. The maximum absolute atomic E-state index is 16.9. The minimum Gasteiger partial charge on any atom is -0.508 e. The first-order chi connectivity index (χ1) is 22.7. The van der Waals surface area contributed by atoms with Gasteiger partial charge in [0.25, 0.3) is 0 Å². The van der Waals surface area contributed by atoms with E-state index in [4.69, 9.17) is 31.0 Å². The van der Waals surface area contributed by atoms with Gasteiger partial charge in [-0.25, -0.2) is 4.39 Å². The fourth-order valence-corrected chi connectivity index (χ4v) is 8.95. The number of fused-ring (bicyclic) bond motifs is 6.